The van der Waals surface area contributed by atoms with Crippen LogP contribution in [0.3, 0.4) is 0 Å². The molecule has 0 aliphatic carbocycles. The zero-order valence-corrected chi connectivity index (χ0v) is 11.1. The van der Waals surface area contributed by atoms with Gasteiger partial charge in [-0.3, -0.25) is 19.8 Å². The number of nitrogens with one attached hydrogen (secondary N) is 1. The number of rotatable bonds is 3. The molecule has 5 nitrogen and oxygen atoms in total. The molecule has 19 heavy (non-hydrogen) atoms. The van der Waals surface area contributed by atoms with E-state index in [1.54, 1.807) is 29.2 Å². The molecule has 2 rings (SSSR count). The molecule has 2 N–H and O–H groups in total. The smallest absolute Gasteiger partial charge is 0.259 e. The van der Waals surface area contributed by atoms with E-state index in [-0.39, 0.29) is 24.1 Å². The molecule has 1 heterocycles. The number of benzene rings is 1. The lowest BCUT2D eigenvalue weighted by molar-refractivity contribution is -0.121. The second-order valence-corrected chi connectivity index (χ2v) is 4.94. The molecule has 1 fully saturated rings. The van der Waals surface area contributed by atoms with E-state index in [4.69, 9.17) is 11.6 Å². The molecule has 0 unspecified atom stereocenters. The number of halogens is 1. The summed E-state index contributed by atoms with van der Waals surface area (Å²) < 4.78 is 0. The summed E-state index contributed by atoms with van der Waals surface area (Å²) in [6.07, 6.45) is 0.276. The van der Waals surface area contributed by atoms with Gasteiger partial charge in [0.05, 0.1) is 23.2 Å². The predicted molar refractivity (Wildman–Crippen MR) is 71.0 cm³/mol. The Balaban J connectivity index is 1.89. The van der Waals surface area contributed by atoms with Crippen LogP contribution in [0, 0.1) is 0 Å². The topological polar surface area (TPSA) is 69.6 Å². The van der Waals surface area contributed by atoms with Crippen molar-refractivity contribution in [2.24, 2.45) is 0 Å². The number of hydrogen-bond acceptors (Lipinski definition) is 4. The number of imide groups is 1. The average Bonchev–Trinajstić information content (AvgIpc) is 2.74. The minimum absolute atomic E-state index is 0.104. The second-order valence-electron chi connectivity index (χ2n) is 4.53. The number of carbonyl (C=O) groups is 2. The molecule has 0 aromatic heterocycles. The average molecular weight is 283 g/mol. The van der Waals surface area contributed by atoms with Gasteiger partial charge in [-0.05, 0) is 18.6 Å². The monoisotopic (exact) mass is 282 g/mol. The number of likely N-dealkylation sites (tertiary alicyclic amines) is 1. The van der Waals surface area contributed by atoms with Crippen LogP contribution in [0.5, 0.6) is 0 Å². The highest BCUT2D eigenvalue weighted by Crippen LogP contribution is 2.14. The fourth-order valence-corrected chi connectivity index (χ4v) is 2.26. The van der Waals surface area contributed by atoms with E-state index in [0.29, 0.717) is 24.5 Å². The Morgan fingerprint density at radius 2 is 2.16 bits per heavy atom. The highest BCUT2D eigenvalue weighted by molar-refractivity contribution is 6.34. The van der Waals surface area contributed by atoms with E-state index in [1.807, 2.05) is 0 Å². The molecule has 1 aromatic rings. The SMILES string of the molecule is O=C(CN1CC[C@@H](O)C1)NC(=O)c1ccccc1Cl. The summed E-state index contributed by atoms with van der Waals surface area (Å²) in [4.78, 5) is 25.3. The zero-order chi connectivity index (χ0) is 13.8. The van der Waals surface area contributed by atoms with E-state index in [1.165, 1.54) is 0 Å². The van der Waals surface area contributed by atoms with Crippen molar-refractivity contribution in [3.05, 3.63) is 34.9 Å². The van der Waals surface area contributed by atoms with E-state index < -0.39 is 5.91 Å². The van der Waals surface area contributed by atoms with Crippen LogP contribution in [0.1, 0.15) is 16.8 Å². The molecule has 0 bridgehead atoms. The molecule has 1 saturated heterocycles. The van der Waals surface area contributed by atoms with E-state index in [2.05, 4.69) is 5.32 Å². The summed E-state index contributed by atoms with van der Waals surface area (Å²) in [5.41, 5.74) is 0.277. The van der Waals surface area contributed by atoms with Gasteiger partial charge in [0.1, 0.15) is 0 Å². The Kier molecular flexibility index (Phi) is 4.52. The largest absolute Gasteiger partial charge is 0.392 e. The molecule has 0 radical (unpaired) electrons. The molecule has 1 aromatic carbocycles. The Hall–Kier alpha value is -1.43. The molecular weight excluding hydrogens is 268 g/mol. The molecule has 1 atom stereocenters. The van der Waals surface area contributed by atoms with Crippen LogP contribution < -0.4 is 5.32 Å². The first-order valence-corrected chi connectivity index (χ1v) is 6.43. The third-order valence-corrected chi connectivity index (χ3v) is 3.32. The molecule has 102 valence electrons. The summed E-state index contributed by atoms with van der Waals surface area (Å²) in [7, 11) is 0. The van der Waals surface area contributed by atoms with Gasteiger partial charge in [0, 0.05) is 13.1 Å². The van der Waals surface area contributed by atoms with Gasteiger partial charge in [0.2, 0.25) is 5.91 Å². The van der Waals surface area contributed by atoms with Crippen LogP contribution in [0.25, 0.3) is 0 Å². The summed E-state index contributed by atoms with van der Waals surface area (Å²) in [5.74, 6) is -0.894. The van der Waals surface area contributed by atoms with Crippen molar-refractivity contribution in [3.8, 4) is 0 Å². The lowest BCUT2D eigenvalue weighted by Gasteiger charge is -2.14. The number of aliphatic hydroxyl groups is 1. The van der Waals surface area contributed by atoms with Crippen LogP contribution in [0.2, 0.25) is 5.02 Å². The summed E-state index contributed by atoms with van der Waals surface area (Å²) in [5, 5.41) is 12.0. The van der Waals surface area contributed by atoms with Gasteiger partial charge >= 0.3 is 0 Å². The normalized spacial score (nSPS) is 19.4. The Morgan fingerprint density at radius 3 is 2.79 bits per heavy atom. The quantitative estimate of drug-likeness (QED) is 0.855. The minimum atomic E-state index is -0.504. The van der Waals surface area contributed by atoms with E-state index in [0.717, 1.165) is 0 Å². The minimum Gasteiger partial charge on any atom is -0.392 e. The Bertz CT molecular complexity index is 493. The van der Waals surface area contributed by atoms with Gasteiger partial charge in [0.15, 0.2) is 0 Å². The van der Waals surface area contributed by atoms with Crippen LogP contribution >= 0.6 is 11.6 Å². The van der Waals surface area contributed by atoms with Crippen molar-refractivity contribution in [3.63, 3.8) is 0 Å². The standard InChI is InChI=1S/C13H15ClN2O3/c14-11-4-2-1-3-10(11)13(19)15-12(18)8-16-6-5-9(17)7-16/h1-4,9,17H,5-8H2,(H,15,18,19)/t9-/m1/s1. The van der Waals surface area contributed by atoms with Crippen molar-refractivity contribution in [1.82, 2.24) is 10.2 Å². The van der Waals surface area contributed by atoms with Crippen molar-refractivity contribution in [1.29, 1.82) is 0 Å². The van der Waals surface area contributed by atoms with Crippen LogP contribution in [0.4, 0.5) is 0 Å². The van der Waals surface area contributed by atoms with Crippen LogP contribution in [0.15, 0.2) is 24.3 Å². The second kappa shape index (κ2) is 6.14. The maximum atomic E-state index is 11.8. The van der Waals surface area contributed by atoms with E-state index >= 15 is 0 Å². The van der Waals surface area contributed by atoms with Crippen molar-refractivity contribution in [2.45, 2.75) is 12.5 Å². The first-order valence-electron chi connectivity index (χ1n) is 6.05. The van der Waals surface area contributed by atoms with Gasteiger partial charge in [0.25, 0.3) is 5.91 Å². The summed E-state index contributed by atoms with van der Waals surface area (Å²) in [6.45, 7) is 1.23. The fraction of sp³-hybridized carbons (Fsp3) is 0.385. The lowest BCUT2D eigenvalue weighted by Crippen LogP contribution is -2.39. The maximum Gasteiger partial charge on any atom is 0.259 e. The van der Waals surface area contributed by atoms with Crippen LogP contribution in [-0.4, -0.2) is 47.6 Å². The van der Waals surface area contributed by atoms with Gasteiger partial charge in [-0.1, -0.05) is 23.7 Å². The summed E-state index contributed by atoms with van der Waals surface area (Å²) >= 11 is 5.88. The highest BCUT2D eigenvalue weighted by atomic mass is 35.5. The Morgan fingerprint density at radius 1 is 1.42 bits per heavy atom. The molecule has 6 heteroatoms. The number of amides is 2. The van der Waals surface area contributed by atoms with Crippen molar-refractivity contribution >= 4 is 23.4 Å². The van der Waals surface area contributed by atoms with E-state index in [9.17, 15) is 14.7 Å². The Labute approximate surface area is 116 Å². The zero-order valence-electron chi connectivity index (χ0n) is 10.3. The van der Waals surface area contributed by atoms with Gasteiger partial charge in [-0.15, -0.1) is 0 Å². The van der Waals surface area contributed by atoms with Gasteiger partial charge in [-0.2, -0.15) is 0 Å². The molecule has 0 spiro atoms. The number of β-amino-alcohol motifs (C(OH)–C–C–N with tert-alkyl or cyclic N) is 1. The molecule has 0 saturated carbocycles. The van der Waals surface area contributed by atoms with Crippen molar-refractivity contribution in [2.75, 3.05) is 19.6 Å². The number of hydrogen-bond donors (Lipinski definition) is 2. The van der Waals surface area contributed by atoms with Crippen LogP contribution in [-0.2, 0) is 4.79 Å². The third kappa shape index (κ3) is 3.76. The molecule has 1 aliphatic heterocycles. The van der Waals surface area contributed by atoms with Gasteiger partial charge in [-0.25, -0.2) is 0 Å². The lowest BCUT2D eigenvalue weighted by atomic mass is 10.2. The fourth-order valence-electron chi connectivity index (χ4n) is 2.04. The maximum absolute atomic E-state index is 11.8. The van der Waals surface area contributed by atoms with Crippen molar-refractivity contribution < 1.29 is 14.7 Å². The molecule has 2 amide bonds. The van der Waals surface area contributed by atoms with Gasteiger partial charge < -0.3 is 5.11 Å². The third-order valence-electron chi connectivity index (χ3n) is 2.99. The summed E-state index contributed by atoms with van der Waals surface area (Å²) in [6, 6.07) is 6.55. The number of nitrogens with zero attached hydrogens (tertiary/aromatic N) is 1. The molecule has 1 aliphatic rings. The molecular formula is C13H15ClN2O3. The predicted octanol–water partition coefficient (Wildman–Crippen LogP) is 0.663. The first-order chi connectivity index (χ1) is 9.06. The highest BCUT2D eigenvalue weighted by Gasteiger charge is 2.23. The number of aliphatic hydroxyl groups excluding tert-OH is 1. The number of carbonyl (C=O) groups excluding carboxylic acids is 2. The first kappa shape index (κ1) is 14.0.